The Morgan fingerprint density at radius 1 is 0.850 bits per heavy atom. The molecule has 4 aromatic rings. The zero-order valence-electron chi connectivity index (χ0n) is 22.5. The van der Waals surface area contributed by atoms with Crippen LogP contribution in [0.5, 0.6) is 11.5 Å². The Balaban J connectivity index is 0.00000370. The third kappa shape index (κ3) is 7.77. The Morgan fingerprint density at radius 2 is 1.52 bits per heavy atom. The number of nitrogens with one attached hydrogen (secondary N) is 1. The number of anilines is 1. The number of hydrogen-bond donors (Lipinski definition) is 1. The molecule has 1 aromatic heterocycles. The zero-order valence-corrected chi connectivity index (χ0v) is 24.2. The van der Waals surface area contributed by atoms with E-state index in [0.29, 0.717) is 5.69 Å². The highest BCUT2D eigenvalue weighted by atomic mass is 35.5. The number of ether oxygens (including phenoxy) is 2. The highest BCUT2D eigenvalue weighted by molar-refractivity contribution is 7.91. The molecule has 1 fully saturated rings. The van der Waals surface area contributed by atoms with Crippen LogP contribution < -0.4 is 14.2 Å². The van der Waals surface area contributed by atoms with Crippen LogP contribution in [-0.4, -0.2) is 26.6 Å². The van der Waals surface area contributed by atoms with E-state index in [2.05, 4.69) is 21.8 Å². The first-order chi connectivity index (χ1) is 19.0. The molecule has 1 saturated carbocycles. The summed E-state index contributed by atoms with van der Waals surface area (Å²) in [6.07, 6.45) is 9.11. The Labute approximate surface area is 243 Å². The molecule has 0 bridgehead atoms. The molecule has 5 rings (SSSR count). The fourth-order valence-electron chi connectivity index (χ4n) is 5.16. The molecule has 1 atom stereocenters. The summed E-state index contributed by atoms with van der Waals surface area (Å²) in [5.41, 5.74) is 4.64. The maximum Gasteiger partial charge on any atom is 0.236 e. The van der Waals surface area contributed by atoms with Crippen molar-refractivity contribution in [3.63, 3.8) is 0 Å². The number of aromatic nitrogens is 1. The summed E-state index contributed by atoms with van der Waals surface area (Å²) in [5.74, 6) is 1.46. The molecule has 40 heavy (non-hydrogen) atoms. The lowest BCUT2D eigenvalue weighted by atomic mass is 9.86. The number of benzene rings is 3. The molecule has 3 aromatic carbocycles. The molecule has 0 amide bonds. The highest BCUT2D eigenvalue weighted by Crippen LogP contribution is 2.37. The van der Waals surface area contributed by atoms with Crippen molar-refractivity contribution in [2.24, 2.45) is 0 Å². The maximum atomic E-state index is 12.7. The SMILES string of the molecule is COc1ccc([C@H](Cc2ccncc2)c2ccc(NS(=O)(=O)Cc3ccccc3)cc2)cc1OC1CCCC1.Cl. The van der Waals surface area contributed by atoms with Gasteiger partial charge in [-0.3, -0.25) is 9.71 Å². The van der Waals surface area contributed by atoms with E-state index >= 15 is 0 Å². The Morgan fingerprint density at radius 3 is 2.20 bits per heavy atom. The van der Waals surface area contributed by atoms with E-state index < -0.39 is 10.0 Å². The second-order valence-corrected chi connectivity index (χ2v) is 11.7. The van der Waals surface area contributed by atoms with Gasteiger partial charge in [0, 0.05) is 24.0 Å². The number of halogens is 1. The summed E-state index contributed by atoms with van der Waals surface area (Å²) in [4.78, 5) is 4.17. The molecule has 1 aliphatic carbocycles. The lowest BCUT2D eigenvalue weighted by molar-refractivity contribution is 0.200. The molecule has 0 saturated heterocycles. The highest BCUT2D eigenvalue weighted by Gasteiger charge is 2.22. The molecular weight excluding hydrogens is 544 g/mol. The number of rotatable bonds is 11. The predicted octanol–water partition coefficient (Wildman–Crippen LogP) is 7.15. The first-order valence-electron chi connectivity index (χ1n) is 13.4. The van der Waals surface area contributed by atoms with Gasteiger partial charge in [0.15, 0.2) is 11.5 Å². The molecular formula is C32H35ClN2O4S. The van der Waals surface area contributed by atoms with Gasteiger partial charge >= 0.3 is 0 Å². The van der Waals surface area contributed by atoms with Gasteiger partial charge in [-0.25, -0.2) is 8.42 Å². The van der Waals surface area contributed by atoms with Crippen LogP contribution >= 0.6 is 12.4 Å². The minimum absolute atomic E-state index is 0. The largest absolute Gasteiger partial charge is 0.493 e. The van der Waals surface area contributed by atoms with Gasteiger partial charge < -0.3 is 9.47 Å². The Bertz CT molecular complexity index is 1460. The maximum absolute atomic E-state index is 12.7. The van der Waals surface area contributed by atoms with E-state index in [1.165, 1.54) is 12.8 Å². The Hall–Kier alpha value is -3.55. The van der Waals surface area contributed by atoms with Crippen LogP contribution in [0.25, 0.3) is 0 Å². The van der Waals surface area contributed by atoms with E-state index in [1.807, 2.05) is 72.8 Å². The van der Waals surface area contributed by atoms with E-state index in [-0.39, 0.29) is 30.2 Å². The molecule has 210 valence electrons. The number of sulfonamides is 1. The number of pyridine rings is 1. The molecule has 1 heterocycles. The van der Waals surface area contributed by atoms with Crippen LogP contribution in [0.15, 0.2) is 97.3 Å². The smallest absolute Gasteiger partial charge is 0.236 e. The molecule has 6 nitrogen and oxygen atoms in total. The van der Waals surface area contributed by atoms with Crippen LogP contribution in [0.4, 0.5) is 5.69 Å². The van der Waals surface area contributed by atoms with Crippen molar-refractivity contribution in [2.45, 2.75) is 49.9 Å². The number of nitrogens with zero attached hydrogens (tertiary/aromatic N) is 1. The van der Waals surface area contributed by atoms with Crippen LogP contribution in [0.3, 0.4) is 0 Å². The monoisotopic (exact) mass is 578 g/mol. The quantitative estimate of drug-likeness (QED) is 0.204. The van der Waals surface area contributed by atoms with Crippen LogP contribution in [-0.2, 0) is 22.2 Å². The predicted molar refractivity (Wildman–Crippen MR) is 162 cm³/mol. The van der Waals surface area contributed by atoms with Crippen molar-refractivity contribution >= 4 is 28.1 Å². The van der Waals surface area contributed by atoms with Crippen molar-refractivity contribution < 1.29 is 17.9 Å². The molecule has 8 heteroatoms. The molecule has 0 unspecified atom stereocenters. The first kappa shape index (κ1) is 29.4. The molecule has 0 spiro atoms. The van der Waals surface area contributed by atoms with E-state index in [9.17, 15) is 8.42 Å². The second kappa shape index (κ2) is 13.7. The van der Waals surface area contributed by atoms with Crippen LogP contribution in [0.1, 0.15) is 53.9 Å². The van der Waals surface area contributed by atoms with Gasteiger partial charge in [0.25, 0.3) is 0 Å². The lowest BCUT2D eigenvalue weighted by Gasteiger charge is -2.22. The minimum atomic E-state index is -3.53. The van der Waals surface area contributed by atoms with Crippen molar-refractivity contribution in [3.05, 3.63) is 120 Å². The molecule has 1 N–H and O–H groups in total. The van der Waals surface area contributed by atoms with Crippen molar-refractivity contribution in [2.75, 3.05) is 11.8 Å². The summed E-state index contributed by atoms with van der Waals surface area (Å²) in [6, 6.07) is 27.0. The fraction of sp³-hybridized carbons (Fsp3) is 0.281. The van der Waals surface area contributed by atoms with E-state index in [4.69, 9.17) is 9.47 Å². The van der Waals surface area contributed by atoms with Gasteiger partial charge in [-0.05, 0) is 90.8 Å². The number of methoxy groups -OCH3 is 1. The lowest BCUT2D eigenvalue weighted by Crippen LogP contribution is -2.15. The summed E-state index contributed by atoms with van der Waals surface area (Å²) >= 11 is 0. The van der Waals surface area contributed by atoms with Crippen molar-refractivity contribution in [3.8, 4) is 11.5 Å². The standard InChI is InChI=1S/C32H34N2O4S.ClH/c1-37-31-16-13-27(22-32(31)38-29-9-5-6-10-29)30(21-24-17-19-33-20-18-24)26-11-14-28(15-12-26)34-39(35,36)23-25-7-3-2-4-8-25;/h2-4,7-8,11-20,22,29-30,34H,5-6,9-10,21,23H2,1H3;1H/t30-;/m1./s1. The number of hydrogen-bond acceptors (Lipinski definition) is 5. The minimum Gasteiger partial charge on any atom is -0.493 e. The molecule has 0 radical (unpaired) electrons. The third-order valence-corrected chi connectivity index (χ3v) is 8.42. The van der Waals surface area contributed by atoms with Crippen LogP contribution in [0, 0.1) is 0 Å². The van der Waals surface area contributed by atoms with Gasteiger partial charge in [0.2, 0.25) is 10.0 Å². The average molecular weight is 579 g/mol. The van der Waals surface area contributed by atoms with Crippen molar-refractivity contribution in [1.82, 2.24) is 4.98 Å². The normalized spacial score (nSPS) is 14.2. The van der Waals surface area contributed by atoms with E-state index in [0.717, 1.165) is 53.0 Å². The summed E-state index contributed by atoms with van der Waals surface area (Å²) < 4.78 is 40.2. The zero-order chi connectivity index (χ0) is 27.1. The summed E-state index contributed by atoms with van der Waals surface area (Å²) in [6.45, 7) is 0. The van der Waals surface area contributed by atoms with Gasteiger partial charge in [-0.1, -0.05) is 48.5 Å². The van der Waals surface area contributed by atoms with Gasteiger partial charge in [0.05, 0.1) is 19.0 Å². The second-order valence-electron chi connectivity index (χ2n) is 10.0. The molecule has 0 aliphatic heterocycles. The summed E-state index contributed by atoms with van der Waals surface area (Å²) in [7, 11) is -1.86. The average Bonchev–Trinajstić information content (AvgIpc) is 3.46. The van der Waals surface area contributed by atoms with E-state index in [1.54, 1.807) is 19.5 Å². The third-order valence-electron chi connectivity index (χ3n) is 7.16. The van der Waals surface area contributed by atoms with Gasteiger partial charge in [-0.2, -0.15) is 0 Å². The summed E-state index contributed by atoms with van der Waals surface area (Å²) in [5, 5.41) is 0. The van der Waals surface area contributed by atoms with Crippen molar-refractivity contribution in [1.29, 1.82) is 0 Å². The van der Waals surface area contributed by atoms with Gasteiger partial charge in [0.1, 0.15) is 0 Å². The van der Waals surface area contributed by atoms with Crippen LogP contribution in [0.2, 0.25) is 0 Å². The first-order valence-corrected chi connectivity index (χ1v) is 15.0. The van der Waals surface area contributed by atoms with Gasteiger partial charge in [-0.15, -0.1) is 12.4 Å². The fourth-order valence-corrected chi connectivity index (χ4v) is 6.36. The molecule has 1 aliphatic rings. The Kier molecular flexibility index (Phi) is 10.1. The topological polar surface area (TPSA) is 77.5 Å².